The minimum Gasteiger partial charge on any atom is -0.384 e. The summed E-state index contributed by atoms with van der Waals surface area (Å²) in [5.41, 5.74) is 6.01. The molecule has 2 N–H and O–H groups in total. The van der Waals surface area contributed by atoms with E-state index in [1.165, 1.54) is 12.3 Å². The summed E-state index contributed by atoms with van der Waals surface area (Å²) in [6, 6.07) is 5.14. The van der Waals surface area contributed by atoms with Crippen LogP contribution in [0.1, 0.15) is 16.8 Å². The number of carbonyl (C=O) groups excluding carboxylic acids is 1. The highest BCUT2D eigenvalue weighted by Gasteiger charge is 2.15. The summed E-state index contributed by atoms with van der Waals surface area (Å²) in [6.45, 7) is 1.25. The van der Waals surface area contributed by atoms with Gasteiger partial charge in [0.25, 0.3) is 5.91 Å². The molecular weight excluding hydrogens is 232 g/mol. The Kier molecular flexibility index (Phi) is 5.61. The number of aromatic nitrogens is 1. The van der Waals surface area contributed by atoms with E-state index < -0.39 is 0 Å². The fraction of sp³-hybridized carbons (Fsp3) is 0.417. The summed E-state index contributed by atoms with van der Waals surface area (Å²) in [7, 11) is 1.57. The zero-order valence-corrected chi connectivity index (χ0v) is 10.3. The first kappa shape index (κ1) is 13.9. The molecule has 0 radical (unpaired) electrons. The van der Waals surface area contributed by atoms with Gasteiger partial charge in [0.15, 0.2) is 0 Å². The highest BCUT2D eigenvalue weighted by Crippen LogP contribution is 2.07. The monoisotopic (exact) mass is 248 g/mol. The number of anilines is 1. The van der Waals surface area contributed by atoms with Crippen molar-refractivity contribution in [2.24, 2.45) is 0 Å². The minimum absolute atomic E-state index is 0.170. The van der Waals surface area contributed by atoms with E-state index in [-0.39, 0.29) is 12.3 Å². The van der Waals surface area contributed by atoms with Crippen LogP contribution in [0.4, 0.5) is 5.82 Å². The number of ether oxygens (including phenoxy) is 1. The zero-order valence-electron chi connectivity index (χ0n) is 10.3. The Morgan fingerprint density at radius 2 is 2.39 bits per heavy atom. The molecule has 1 aromatic rings. The van der Waals surface area contributed by atoms with Crippen molar-refractivity contribution in [1.82, 2.24) is 9.88 Å². The molecule has 0 fully saturated rings. The number of nitrogen functional groups attached to an aromatic ring is 1. The van der Waals surface area contributed by atoms with Crippen molar-refractivity contribution in [3.63, 3.8) is 0 Å². The Morgan fingerprint density at radius 1 is 1.61 bits per heavy atom. The van der Waals surface area contributed by atoms with Gasteiger partial charge in [-0.25, -0.2) is 4.98 Å². The van der Waals surface area contributed by atoms with E-state index in [9.17, 15) is 4.79 Å². The lowest BCUT2D eigenvalue weighted by Gasteiger charge is -2.21. The Labute approximate surface area is 106 Å². The molecule has 1 aromatic heterocycles. The van der Waals surface area contributed by atoms with Crippen LogP contribution < -0.4 is 5.73 Å². The first-order chi connectivity index (χ1) is 8.69. The zero-order chi connectivity index (χ0) is 13.4. The van der Waals surface area contributed by atoms with Crippen molar-refractivity contribution in [1.29, 1.82) is 5.26 Å². The number of rotatable bonds is 6. The van der Waals surface area contributed by atoms with Crippen molar-refractivity contribution in [2.45, 2.75) is 6.42 Å². The second-order valence-corrected chi connectivity index (χ2v) is 3.66. The van der Waals surface area contributed by atoms with Gasteiger partial charge in [-0.2, -0.15) is 5.26 Å². The maximum atomic E-state index is 12.2. The van der Waals surface area contributed by atoms with Gasteiger partial charge in [0.2, 0.25) is 0 Å². The van der Waals surface area contributed by atoms with Gasteiger partial charge in [0.1, 0.15) is 5.82 Å². The smallest absolute Gasteiger partial charge is 0.254 e. The second-order valence-electron chi connectivity index (χ2n) is 3.66. The topological polar surface area (TPSA) is 92.2 Å². The van der Waals surface area contributed by atoms with Gasteiger partial charge >= 0.3 is 0 Å². The van der Waals surface area contributed by atoms with Crippen LogP contribution in [0.15, 0.2) is 18.3 Å². The number of hydrogen-bond acceptors (Lipinski definition) is 5. The Morgan fingerprint density at radius 3 is 3.00 bits per heavy atom. The third-order valence-electron chi connectivity index (χ3n) is 2.37. The molecule has 96 valence electrons. The Balaban J connectivity index is 2.77. The van der Waals surface area contributed by atoms with Crippen LogP contribution in [-0.4, -0.2) is 42.6 Å². The molecule has 0 aliphatic carbocycles. The van der Waals surface area contributed by atoms with Gasteiger partial charge in [-0.3, -0.25) is 4.79 Å². The molecule has 0 spiro atoms. The van der Waals surface area contributed by atoms with Crippen molar-refractivity contribution < 1.29 is 9.53 Å². The molecule has 0 saturated heterocycles. The maximum absolute atomic E-state index is 12.2. The molecule has 0 bridgehead atoms. The highest BCUT2D eigenvalue weighted by atomic mass is 16.5. The van der Waals surface area contributed by atoms with Crippen LogP contribution in [0.3, 0.4) is 0 Å². The molecule has 0 atom stereocenters. The number of amides is 1. The average Bonchev–Trinajstić information content (AvgIpc) is 2.38. The van der Waals surface area contributed by atoms with Gasteiger partial charge in [-0.05, 0) is 12.1 Å². The fourth-order valence-corrected chi connectivity index (χ4v) is 1.47. The summed E-state index contributed by atoms with van der Waals surface area (Å²) in [5, 5.41) is 8.59. The van der Waals surface area contributed by atoms with Gasteiger partial charge < -0.3 is 15.4 Å². The number of methoxy groups -OCH3 is 1. The van der Waals surface area contributed by atoms with E-state index in [1.54, 1.807) is 18.1 Å². The molecule has 0 saturated carbocycles. The summed E-state index contributed by atoms with van der Waals surface area (Å²) in [4.78, 5) is 17.6. The predicted molar refractivity (Wildman–Crippen MR) is 66.7 cm³/mol. The second kappa shape index (κ2) is 7.25. The predicted octanol–water partition coefficient (Wildman–Crippen LogP) is 0.666. The molecular formula is C12H16N4O2. The highest BCUT2D eigenvalue weighted by molar-refractivity contribution is 5.94. The lowest BCUT2D eigenvalue weighted by atomic mass is 10.2. The Hall–Kier alpha value is -2.13. The first-order valence-electron chi connectivity index (χ1n) is 5.55. The number of carbonyl (C=O) groups is 1. The molecule has 1 amide bonds. The van der Waals surface area contributed by atoms with E-state index in [4.69, 9.17) is 15.7 Å². The van der Waals surface area contributed by atoms with E-state index in [1.807, 2.05) is 6.07 Å². The van der Waals surface area contributed by atoms with Crippen LogP contribution in [-0.2, 0) is 4.74 Å². The van der Waals surface area contributed by atoms with E-state index in [2.05, 4.69) is 4.98 Å². The SMILES string of the molecule is COCCN(CCC#N)C(=O)c1ccnc(N)c1. The van der Waals surface area contributed by atoms with Gasteiger partial charge in [0.05, 0.1) is 19.1 Å². The first-order valence-corrected chi connectivity index (χ1v) is 5.55. The molecule has 0 aliphatic heterocycles. The number of nitriles is 1. The van der Waals surface area contributed by atoms with Crippen molar-refractivity contribution >= 4 is 11.7 Å². The Bertz CT molecular complexity index is 442. The third-order valence-corrected chi connectivity index (χ3v) is 2.37. The molecule has 0 aliphatic rings. The van der Waals surface area contributed by atoms with Gasteiger partial charge in [-0.15, -0.1) is 0 Å². The lowest BCUT2D eigenvalue weighted by molar-refractivity contribution is 0.0700. The molecule has 1 heterocycles. The molecule has 18 heavy (non-hydrogen) atoms. The summed E-state index contributed by atoms with van der Waals surface area (Å²) in [5.74, 6) is 0.129. The number of nitrogens with two attached hydrogens (primary N) is 1. The third kappa shape index (κ3) is 4.03. The van der Waals surface area contributed by atoms with E-state index >= 15 is 0 Å². The number of hydrogen-bond donors (Lipinski definition) is 1. The average molecular weight is 248 g/mol. The molecule has 0 aromatic carbocycles. The summed E-state index contributed by atoms with van der Waals surface area (Å²) >= 11 is 0. The van der Waals surface area contributed by atoms with Crippen molar-refractivity contribution in [3.8, 4) is 6.07 Å². The van der Waals surface area contributed by atoms with Gasteiger partial charge in [0, 0.05) is 32.0 Å². The molecule has 0 unspecified atom stereocenters. The quantitative estimate of drug-likeness (QED) is 0.798. The van der Waals surface area contributed by atoms with Crippen molar-refractivity contribution in [2.75, 3.05) is 32.5 Å². The van der Waals surface area contributed by atoms with Crippen LogP contribution in [0.5, 0.6) is 0 Å². The van der Waals surface area contributed by atoms with Crippen LogP contribution in [0, 0.1) is 11.3 Å². The summed E-state index contributed by atoms with van der Waals surface area (Å²) < 4.78 is 4.95. The van der Waals surface area contributed by atoms with E-state index in [0.29, 0.717) is 31.1 Å². The van der Waals surface area contributed by atoms with Crippen LogP contribution in [0.25, 0.3) is 0 Å². The van der Waals surface area contributed by atoms with E-state index in [0.717, 1.165) is 0 Å². The number of nitrogens with zero attached hydrogens (tertiary/aromatic N) is 3. The normalized spacial score (nSPS) is 9.78. The van der Waals surface area contributed by atoms with Crippen LogP contribution >= 0.6 is 0 Å². The summed E-state index contributed by atoms with van der Waals surface area (Å²) in [6.07, 6.45) is 1.78. The molecule has 1 rings (SSSR count). The van der Waals surface area contributed by atoms with Gasteiger partial charge in [-0.1, -0.05) is 0 Å². The standard InChI is InChI=1S/C12H16N4O2/c1-18-8-7-16(6-2-4-13)12(17)10-3-5-15-11(14)9-10/h3,5,9H,2,6-8H2,1H3,(H2,14,15). The molecule has 6 heteroatoms. The number of pyridine rings is 1. The fourth-order valence-electron chi connectivity index (χ4n) is 1.47. The van der Waals surface area contributed by atoms with Crippen molar-refractivity contribution in [3.05, 3.63) is 23.9 Å². The molecule has 6 nitrogen and oxygen atoms in total. The maximum Gasteiger partial charge on any atom is 0.254 e. The lowest BCUT2D eigenvalue weighted by Crippen LogP contribution is -2.34. The minimum atomic E-state index is -0.170. The largest absolute Gasteiger partial charge is 0.384 e. The van der Waals surface area contributed by atoms with Crippen LogP contribution in [0.2, 0.25) is 0 Å².